The minimum atomic E-state index is -3.13. The van der Waals surface area contributed by atoms with Crippen molar-refractivity contribution in [3.8, 4) is 0 Å². The average molecular weight is 340 g/mol. The highest BCUT2D eigenvalue weighted by Gasteiger charge is 2.36. The Bertz CT molecular complexity index is 450. The Morgan fingerprint density at radius 2 is 1.81 bits per heavy atom. The van der Waals surface area contributed by atoms with Crippen LogP contribution in [0.5, 0.6) is 0 Å². The number of amides is 1. The SMILES string of the molecule is CCS(=O)(=O)N1CCN(C(=O)[C@@H]2CCC[C@@H]2CN)CC1.Cl. The number of piperazine rings is 1. The first kappa shape index (κ1) is 18.7. The summed E-state index contributed by atoms with van der Waals surface area (Å²) in [5, 5.41) is 0. The Kier molecular flexibility index (Phi) is 6.90. The molecule has 2 rings (SSSR count). The molecule has 2 fully saturated rings. The monoisotopic (exact) mass is 339 g/mol. The third-order valence-corrected chi connectivity index (χ3v) is 6.47. The van der Waals surface area contributed by atoms with Gasteiger partial charge in [0.2, 0.25) is 15.9 Å². The van der Waals surface area contributed by atoms with E-state index in [9.17, 15) is 13.2 Å². The normalized spacial score (nSPS) is 27.4. The standard InChI is InChI=1S/C13H25N3O3S.ClH/c1-2-20(18,19)16-8-6-15(7-9-16)13(17)12-5-3-4-11(12)10-14;/h11-12H,2-10,14H2,1H3;1H/t11-,12-;/m1./s1. The van der Waals surface area contributed by atoms with Crippen molar-refractivity contribution < 1.29 is 13.2 Å². The molecule has 0 spiro atoms. The Labute approximate surface area is 133 Å². The fourth-order valence-corrected chi connectivity index (χ4v) is 4.33. The molecule has 2 aliphatic rings. The summed E-state index contributed by atoms with van der Waals surface area (Å²) in [4.78, 5) is 14.3. The molecule has 1 saturated heterocycles. The molecule has 8 heteroatoms. The van der Waals surface area contributed by atoms with Crippen LogP contribution in [-0.4, -0.2) is 62.0 Å². The lowest BCUT2D eigenvalue weighted by Crippen LogP contribution is -2.52. The second-order valence-corrected chi connectivity index (χ2v) is 7.92. The molecule has 6 nitrogen and oxygen atoms in total. The molecule has 0 radical (unpaired) electrons. The van der Waals surface area contributed by atoms with Crippen LogP contribution in [0, 0.1) is 11.8 Å². The van der Waals surface area contributed by atoms with Gasteiger partial charge in [0.15, 0.2) is 0 Å². The highest BCUT2D eigenvalue weighted by molar-refractivity contribution is 7.89. The highest BCUT2D eigenvalue weighted by atomic mass is 35.5. The number of nitrogens with two attached hydrogens (primary N) is 1. The maximum atomic E-state index is 12.5. The first-order chi connectivity index (χ1) is 9.49. The molecule has 0 bridgehead atoms. The van der Waals surface area contributed by atoms with Gasteiger partial charge in [0.05, 0.1) is 5.75 Å². The largest absolute Gasteiger partial charge is 0.340 e. The number of hydrogen-bond acceptors (Lipinski definition) is 4. The molecule has 1 saturated carbocycles. The molecule has 0 aromatic carbocycles. The van der Waals surface area contributed by atoms with Gasteiger partial charge in [-0.2, -0.15) is 4.31 Å². The van der Waals surface area contributed by atoms with E-state index in [1.807, 2.05) is 4.90 Å². The van der Waals surface area contributed by atoms with E-state index in [0.29, 0.717) is 38.6 Å². The van der Waals surface area contributed by atoms with Gasteiger partial charge >= 0.3 is 0 Å². The molecule has 2 atom stereocenters. The van der Waals surface area contributed by atoms with Gasteiger partial charge in [-0.3, -0.25) is 4.79 Å². The lowest BCUT2D eigenvalue weighted by molar-refractivity contribution is -0.137. The number of sulfonamides is 1. The van der Waals surface area contributed by atoms with Crippen molar-refractivity contribution in [2.75, 3.05) is 38.5 Å². The smallest absolute Gasteiger partial charge is 0.226 e. The van der Waals surface area contributed by atoms with E-state index < -0.39 is 10.0 Å². The van der Waals surface area contributed by atoms with Crippen LogP contribution in [0.3, 0.4) is 0 Å². The lowest BCUT2D eigenvalue weighted by atomic mass is 9.94. The van der Waals surface area contributed by atoms with Crippen LogP contribution in [0.25, 0.3) is 0 Å². The van der Waals surface area contributed by atoms with Crippen molar-refractivity contribution >= 4 is 28.3 Å². The summed E-state index contributed by atoms with van der Waals surface area (Å²) < 4.78 is 25.1. The van der Waals surface area contributed by atoms with Crippen molar-refractivity contribution in [2.24, 2.45) is 17.6 Å². The van der Waals surface area contributed by atoms with E-state index in [2.05, 4.69) is 0 Å². The number of carbonyl (C=O) groups is 1. The molecule has 0 aromatic rings. The molecule has 0 aromatic heterocycles. The third-order valence-electron chi connectivity index (χ3n) is 4.59. The first-order valence-electron chi connectivity index (χ1n) is 7.46. The zero-order valence-electron chi connectivity index (χ0n) is 12.5. The van der Waals surface area contributed by atoms with Gasteiger partial charge in [-0.05, 0) is 32.2 Å². The van der Waals surface area contributed by atoms with Gasteiger partial charge in [0.25, 0.3) is 0 Å². The Morgan fingerprint density at radius 3 is 2.33 bits per heavy atom. The van der Waals surface area contributed by atoms with Gasteiger partial charge in [0.1, 0.15) is 0 Å². The maximum Gasteiger partial charge on any atom is 0.226 e. The molecule has 1 amide bonds. The van der Waals surface area contributed by atoms with E-state index >= 15 is 0 Å². The van der Waals surface area contributed by atoms with Gasteiger partial charge in [0, 0.05) is 32.1 Å². The van der Waals surface area contributed by atoms with Crippen LogP contribution in [0.15, 0.2) is 0 Å². The van der Waals surface area contributed by atoms with Crippen LogP contribution < -0.4 is 5.73 Å². The second-order valence-electron chi connectivity index (χ2n) is 5.66. The van der Waals surface area contributed by atoms with E-state index in [1.54, 1.807) is 6.92 Å². The third kappa shape index (κ3) is 4.09. The molecule has 1 aliphatic carbocycles. The maximum absolute atomic E-state index is 12.5. The average Bonchev–Trinajstić information content (AvgIpc) is 2.95. The fourth-order valence-electron chi connectivity index (χ4n) is 3.25. The number of halogens is 1. The Balaban J connectivity index is 0.00000220. The fraction of sp³-hybridized carbons (Fsp3) is 0.923. The predicted octanol–water partition coefficient (Wildman–Crippen LogP) is 0.277. The number of rotatable bonds is 4. The van der Waals surface area contributed by atoms with Crippen molar-refractivity contribution in [3.05, 3.63) is 0 Å². The molecule has 1 aliphatic heterocycles. The van der Waals surface area contributed by atoms with Gasteiger partial charge < -0.3 is 10.6 Å². The molecule has 0 unspecified atom stereocenters. The number of nitrogens with zero attached hydrogens (tertiary/aromatic N) is 2. The van der Waals surface area contributed by atoms with E-state index in [-0.39, 0.29) is 30.0 Å². The molecule has 1 heterocycles. The van der Waals surface area contributed by atoms with Crippen LogP contribution in [0.2, 0.25) is 0 Å². The minimum absolute atomic E-state index is 0. The van der Waals surface area contributed by atoms with Gasteiger partial charge in [-0.15, -0.1) is 12.4 Å². The van der Waals surface area contributed by atoms with Crippen LogP contribution in [-0.2, 0) is 14.8 Å². The quantitative estimate of drug-likeness (QED) is 0.797. The van der Waals surface area contributed by atoms with Crippen molar-refractivity contribution in [3.63, 3.8) is 0 Å². The Hall–Kier alpha value is -0.370. The molecule has 124 valence electrons. The van der Waals surface area contributed by atoms with Gasteiger partial charge in [-0.1, -0.05) is 6.42 Å². The van der Waals surface area contributed by atoms with Gasteiger partial charge in [-0.25, -0.2) is 8.42 Å². The van der Waals surface area contributed by atoms with Crippen LogP contribution in [0.4, 0.5) is 0 Å². The predicted molar refractivity (Wildman–Crippen MR) is 84.7 cm³/mol. The second kappa shape index (κ2) is 7.76. The summed E-state index contributed by atoms with van der Waals surface area (Å²) in [6.45, 7) is 4.07. The van der Waals surface area contributed by atoms with Crippen molar-refractivity contribution in [1.82, 2.24) is 9.21 Å². The summed E-state index contributed by atoms with van der Waals surface area (Å²) >= 11 is 0. The summed E-state index contributed by atoms with van der Waals surface area (Å²) in [5.41, 5.74) is 5.73. The topological polar surface area (TPSA) is 83.7 Å². The lowest BCUT2D eigenvalue weighted by Gasteiger charge is -2.36. The zero-order valence-corrected chi connectivity index (χ0v) is 14.2. The summed E-state index contributed by atoms with van der Waals surface area (Å²) in [6.07, 6.45) is 3.04. The summed E-state index contributed by atoms with van der Waals surface area (Å²) in [7, 11) is -3.13. The highest BCUT2D eigenvalue weighted by Crippen LogP contribution is 2.32. The first-order valence-corrected chi connectivity index (χ1v) is 9.07. The Morgan fingerprint density at radius 1 is 1.19 bits per heavy atom. The summed E-state index contributed by atoms with van der Waals surface area (Å²) in [6, 6.07) is 0. The van der Waals surface area contributed by atoms with Crippen molar-refractivity contribution in [2.45, 2.75) is 26.2 Å². The number of carbonyl (C=O) groups excluding carboxylic acids is 1. The minimum Gasteiger partial charge on any atom is -0.340 e. The van der Waals surface area contributed by atoms with Crippen molar-refractivity contribution in [1.29, 1.82) is 0 Å². The number of hydrogen-bond donors (Lipinski definition) is 1. The molecular weight excluding hydrogens is 314 g/mol. The molecule has 2 N–H and O–H groups in total. The zero-order chi connectivity index (χ0) is 14.8. The molecular formula is C13H26ClN3O3S. The molecule has 21 heavy (non-hydrogen) atoms. The summed E-state index contributed by atoms with van der Waals surface area (Å²) in [5.74, 6) is 0.652. The van der Waals surface area contributed by atoms with Crippen LogP contribution in [0.1, 0.15) is 26.2 Å². The van der Waals surface area contributed by atoms with E-state index in [4.69, 9.17) is 5.73 Å². The van der Waals surface area contributed by atoms with E-state index in [1.165, 1.54) is 4.31 Å². The van der Waals surface area contributed by atoms with Crippen LogP contribution >= 0.6 is 12.4 Å². The van der Waals surface area contributed by atoms with E-state index in [0.717, 1.165) is 19.3 Å².